The summed E-state index contributed by atoms with van der Waals surface area (Å²) in [4.78, 5) is 25.0. The molecule has 1 aliphatic rings. The van der Waals surface area contributed by atoms with Gasteiger partial charge >= 0.3 is 11.9 Å². The molecule has 0 spiro atoms. The SMILES string of the molecule is O=C(OCCS(=O)(=O)O)C1CCCCC1C(=O)Oc1c(I)cc(I)cc1I. The van der Waals surface area contributed by atoms with Crippen molar-refractivity contribution >= 4 is 89.8 Å². The molecule has 1 fully saturated rings. The third-order valence-corrected chi connectivity index (χ3v) is 7.03. The van der Waals surface area contributed by atoms with Gasteiger partial charge in [0.15, 0.2) is 5.75 Å². The highest BCUT2D eigenvalue weighted by atomic mass is 127. The summed E-state index contributed by atoms with van der Waals surface area (Å²) in [6.07, 6.45) is 2.57. The van der Waals surface area contributed by atoms with Gasteiger partial charge in [-0.3, -0.25) is 14.1 Å². The quantitative estimate of drug-likeness (QED) is 0.206. The standard InChI is InChI=1S/C16H17I3O7S/c17-9-7-12(18)14(13(19)8-9)26-16(21)11-4-2-1-3-10(11)15(20)25-5-6-27(22,23)24/h7-8,10-11H,1-6H2,(H,22,23,24). The number of rotatable bonds is 6. The second-order valence-corrected chi connectivity index (χ2v) is 11.2. The molecule has 0 aliphatic heterocycles. The van der Waals surface area contributed by atoms with Crippen LogP contribution in [0.4, 0.5) is 0 Å². The van der Waals surface area contributed by atoms with Crippen LogP contribution in [-0.4, -0.2) is 37.3 Å². The molecule has 2 unspecified atom stereocenters. The van der Waals surface area contributed by atoms with Gasteiger partial charge in [0.1, 0.15) is 12.4 Å². The van der Waals surface area contributed by atoms with Gasteiger partial charge in [0.2, 0.25) is 0 Å². The zero-order valence-corrected chi connectivity index (χ0v) is 21.3. The molecule has 1 aromatic rings. The maximum atomic E-state index is 12.7. The molecule has 0 radical (unpaired) electrons. The van der Waals surface area contributed by atoms with Crippen molar-refractivity contribution in [1.82, 2.24) is 0 Å². The number of esters is 2. The molecule has 1 N–H and O–H groups in total. The molecule has 2 atom stereocenters. The van der Waals surface area contributed by atoms with E-state index in [1.165, 1.54) is 0 Å². The van der Waals surface area contributed by atoms with Crippen molar-refractivity contribution in [1.29, 1.82) is 0 Å². The van der Waals surface area contributed by atoms with Crippen molar-refractivity contribution in [2.45, 2.75) is 25.7 Å². The molecule has 11 heteroatoms. The second kappa shape index (κ2) is 10.3. The smallest absolute Gasteiger partial charge is 0.315 e. The lowest BCUT2D eigenvalue weighted by atomic mass is 9.79. The fourth-order valence-corrected chi connectivity index (χ4v) is 6.95. The first-order valence-electron chi connectivity index (χ1n) is 8.06. The van der Waals surface area contributed by atoms with Crippen molar-refractivity contribution in [3.63, 3.8) is 0 Å². The summed E-state index contributed by atoms with van der Waals surface area (Å²) in [6, 6.07) is 3.79. The van der Waals surface area contributed by atoms with Gasteiger partial charge in [-0.2, -0.15) is 8.42 Å². The number of hydrogen-bond acceptors (Lipinski definition) is 6. The monoisotopic (exact) mass is 734 g/mol. The number of carbonyl (C=O) groups excluding carboxylic acids is 2. The largest absolute Gasteiger partial charge is 0.464 e. The van der Waals surface area contributed by atoms with Crippen molar-refractivity contribution < 1.29 is 32.0 Å². The molecule has 0 amide bonds. The van der Waals surface area contributed by atoms with E-state index in [4.69, 9.17) is 14.0 Å². The van der Waals surface area contributed by atoms with Crippen molar-refractivity contribution in [2.24, 2.45) is 11.8 Å². The Hall–Kier alpha value is 0.260. The fourth-order valence-electron chi connectivity index (χ4n) is 2.85. The van der Waals surface area contributed by atoms with E-state index in [2.05, 4.69) is 67.8 Å². The van der Waals surface area contributed by atoms with Crippen LogP contribution in [0.2, 0.25) is 0 Å². The van der Waals surface area contributed by atoms with Gasteiger partial charge in [-0.15, -0.1) is 0 Å². The van der Waals surface area contributed by atoms with Crippen LogP contribution in [0.25, 0.3) is 0 Å². The Balaban J connectivity index is 2.07. The Morgan fingerprint density at radius 2 is 1.56 bits per heavy atom. The van der Waals surface area contributed by atoms with E-state index in [0.29, 0.717) is 18.6 Å². The lowest BCUT2D eigenvalue weighted by Crippen LogP contribution is -2.36. The number of hydrogen-bond donors (Lipinski definition) is 1. The van der Waals surface area contributed by atoms with Gasteiger partial charge in [-0.25, -0.2) is 0 Å². The average molecular weight is 734 g/mol. The molecule has 150 valence electrons. The summed E-state index contributed by atoms with van der Waals surface area (Å²) in [5.41, 5.74) is 0. The van der Waals surface area contributed by atoms with Crippen LogP contribution in [0, 0.1) is 22.5 Å². The molecule has 7 nitrogen and oxygen atoms in total. The highest BCUT2D eigenvalue weighted by Crippen LogP contribution is 2.35. The third kappa shape index (κ3) is 7.22. The van der Waals surface area contributed by atoms with E-state index in [1.54, 1.807) is 0 Å². The lowest BCUT2D eigenvalue weighted by Gasteiger charge is -2.28. The van der Waals surface area contributed by atoms with E-state index in [0.717, 1.165) is 23.6 Å². The summed E-state index contributed by atoms with van der Waals surface area (Å²) < 4.78 is 43.4. The van der Waals surface area contributed by atoms with Crippen LogP contribution < -0.4 is 4.74 Å². The van der Waals surface area contributed by atoms with E-state index in [-0.39, 0.29) is 0 Å². The minimum atomic E-state index is -4.21. The van der Waals surface area contributed by atoms with Crippen LogP contribution in [0.5, 0.6) is 5.75 Å². The zero-order valence-electron chi connectivity index (χ0n) is 14.0. The van der Waals surface area contributed by atoms with Gasteiger partial charge < -0.3 is 9.47 Å². The fraction of sp³-hybridized carbons (Fsp3) is 0.500. The Kier molecular flexibility index (Phi) is 9.01. The van der Waals surface area contributed by atoms with Gasteiger partial charge in [-0.05, 0) is 92.7 Å². The third-order valence-electron chi connectivity index (χ3n) is 4.12. The van der Waals surface area contributed by atoms with Gasteiger partial charge in [-0.1, -0.05) is 12.8 Å². The van der Waals surface area contributed by atoms with Crippen LogP contribution in [0.3, 0.4) is 0 Å². The van der Waals surface area contributed by atoms with Crippen LogP contribution in [-0.2, 0) is 24.4 Å². The molecule has 2 rings (SSSR count). The molecule has 0 heterocycles. The molecule has 27 heavy (non-hydrogen) atoms. The molecule has 1 aromatic carbocycles. The molecule has 0 saturated heterocycles. The Morgan fingerprint density at radius 1 is 1.04 bits per heavy atom. The molecular formula is C16H17I3O7S. The minimum absolute atomic E-state index is 0.442. The maximum Gasteiger partial charge on any atom is 0.315 e. The first-order chi connectivity index (χ1) is 12.6. The lowest BCUT2D eigenvalue weighted by molar-refractivity contribution is -0.158. The molecule has 1 aliphatic carbocycles. The summed E-state index contributed by atoms with van der Waals surface area (Å²) >= 11 is 6.39. The summed E-state index contributed by atoms with van der Waals surface area (Å²) in [5.74, 6) is -2.62. The Morgan fingerprint density at radius 3 is 2.07 bits per heavy atom. The Labute approximate surface area is 198 Å². The van der Waals surface area contributed by atoms with Crippen LogP contribution in [0.15, 0.2) is 12.1 Å². The van der Waals surface area contributed by atoms with Crippen molar-refractivity contribution in [3.05, 3.63) is 22.8 Å². The predicted molar refractivity (Wildman–Crippen MR) is 123 cm³/mol. The van der Waals surface area contributed by atoms with Gasteiger partial charge in [0, 0.05) is 3.57 Å². The zero-order chi connectivity index (χ0) is 20.2. The normalized spacial score (nSPS) is 20.1. The highest BCUT2D eigenvalue weighted by Gasteiger charge is 2.38. The van der Waals surface area contributed by atoms with E-state index in [9.17, 15) is 18.0 Å². The summed E-state index contributed by atoms with van der Waals surface area (Å²) in [5, 5.41) is 0. The number of benzene rings is 1. The number of carbonyl (C=O) groups is 2. The van der Waals surface area contributed by atoms with Gasteiger partial charge in [0.25, 0.3) is 10.1 Å². The van der Waals surface area contributed by atoms with E-state index in [1.807, 2.05) is 12.1 Å². The van der Waals surface area contributed by atoms with Crippen LogP contribution in [0.1, 0.15) is 25.7 Å². The predicted octanol–water partition coefficient (Wildman–Crippen LogP) is 3.64. The van der Waals surface area contributed by atoms with Crippen LogP contribution >= 0.6 is 67.8 Å². The van der Waals surface area contributed by atoms with Gasteiger partial charge in [0.05, 0.1) is 19.0 Å². The number of ether oxygens (including phenoxy) is 2. The minimum Gasteiger partial charge on any atom is -0.464 e. The average Bonchev–Trinajstić information content (AvgIpc) is 2.56. The second-order valence-electron chi connectivity index (χ2n) is 6.07. The molecule has 0 bridgehead atoms. The first kappa shape index (κ1) is 23.5. The number of halogens is 3. The van der Waals surface area contributed by atoms with Crippen molar-refractivity contribution in [2.75, 3.05) is 12.4 Å². The molecular weight excluding hydrogens is 717 g/mol. The van der Waals surface area contributed by atoms with E-state index < -0.39 is 46.3 Å². The summed E-state index contributed by atoms with van der Waals surface area (Å²) in [7, 11) is -4.21. The maximum absolute atomic E-state index is 12.7. The first-order valence-corrected chi connectivity index (χ1v) is 12.9. The van der Waals surface area contributed by atoms with E-state index >= 15 is 0 Å². The topological polar surface area (TPSA) is 107 Å². The molecule has 1 saturated carbocycles. The summed E-state index contributed by atoms with van der Waals surface area (Å²) in [6.45, 7) is -0.442. The van der Waals surface area contributed by atoms with Crippen molar-refractivity contribution in [3.8, 4) is 5.75 Å². The highest BCUT2D eigenvalue weighted by molar-refractivity contribution is 14.1. The molecule has 0 aromatic heterocycles. The Bertz CT molecular complexity index is 802.